The Kier molecular flexibility index (Phi) is 7.98. The largest absolute Gasteiger partial charge is 0.316 e. The Bertz CT molecular complexity index is 354. The summed E-state index contributed by atoms with van der Waals surface area (Å²) in [4.78, 5) is 3.80. The quantitative estimate of drug-likeness (QED) is 0.733. The van der Waals surface area contributed by atoms with E-state index in [-0.39, 0.29) is 0 Å². The Balaban J connectivity index is 2.45. The normalized spacial score (nSPS) is 11.2. The molecule has 0 aliphatic heterocycles. The van der Waals surface area contributed by atoms with Crippen molar-refractivity contribution >= 4 is 27.7 Å². The molecular weight excluding hydrogens is 308 g/mol. The first kappa shape index (κ1) is 16.0. The lowest BCUT2D eigenvalue weighted by atomic mass is 10.2. The number of hydrogen-bond acceptors (Lipinski definition) is 3. The second kappa shape index (κ2) is 8.97. The number of benzene rings is 1. The van der Waals surface area contributed by atoms with Gasteiger partial charge >= 0.3 is 0 Å². The molecule has 1 aromatic rings. The molecule has 0 aromatic heterocycles. The van der Waals surface area contributed by atoms with Gasteiger partial charge in [-0.05, 0) is 37.8 Å². The fourth-order valence-electron chi connectivity index (χ4n) is 1.78. The average Bonchev–Trinajstić information content (AvgIpc) is 2.38. The van der Waals surface area contributed by atoms with E-state index in [2.05, 4.69) is 58.2 Å². The number of hydrogen-bond donors (Lipinski definition) is 1. The van der Waals surface area contributed by atoms with Gasteiger partial charge in [-0.1, -0.05) is 35.8 Å². The first-order chi connectivity index (χ1) is 8.71. The number of rotatable bonds is 8. The van der Waals surface area contributed by atoms with Crippen LogP contribution in [0.1, 0.15) is 19.4 Å². The molecule has 2 nitrogen and oxygen atoms in total. The monoisotopic (exact) mass is 330 g/mol. The standard InChI is InChI=1S/C14H23BrN2S/c1-4-17(5-2)8-9-18-13-7-6-12(11-16-3)14(15)10-13/h6-7,10,16H,4-5,8-9,11H2,1-3H3. The van der Waals surface area contributed by atoms with E-state index in [1.54, 1.807) is 0 Å². The van der Waals surface area contributed by atoms with Gasteiger partial charge in [-0.25, -0.2) is 0 Å². The highest BCUT2D eigenvalue weighted by atomic mass is 79.9. The third-order valence-corrected chi connectivity index (χ3v) is 4.67. The summed E-state index contributed by atoms with van der Waals surface area (Å²) >= 11 is 5.56. The first-order valence-electron chi connectivity index (χ1n) is 6.49. The summed E-state index contributed by atoms with van der Waals surface area (Å²) < 4.78 is 1.20. The van der Waals surface area contributed by atoms with Crippen LogP contribution in [-0.4, -0.2) is 37.3 Å². The van der Waals surface area contributed by atoms with Gasteiger partial charge in [0.15, 0.2) is 0 Å². The molecule has 0 amide bonds. The van der Waals surface area contributed by atoms with E-state index in [1.165, 1.54) is 14.9 Å². The fourth-order valence-corrected chi connectivity index (χ4v) is 3.41. The SMILES string of the molecule is CCN(CC)CCSc1ccc(CNC)c(Br)c1. The van der Waals surface area contributed by atoms with Gasteiger partial charge in [0.1, 0.15) is 0 Å². The van der Waals surface area contributed by atoms with E-state index in [4.69, 9.17) is 0 Å². The molecule has 0 spiro atoms. The van der Waals surface area contributed by atoms with Crippen LogP contribution in [0, 0.1) is 0 Å². The minimum atomic E-state index is 0.908. The van der Waals surface area contributed by atoms with Crippen molar-refractivity contribution < 1.29 is 0 Å². The van der Waals surface area contributed by atoms with Crippen LogP contribution in [0.4, 0.5) is 0 Å². The predicted octanol–water partition coefficient (Wildman–Crippen LogP) is 3.60. The lowest BCUT2D eigenvalue weighted by molar-refractivity contribution is 0.324. The van der Waals surface area contributed by atoms with Crippen molar-refractivity contribution in [1.82, 2.24) is 10.2 Å². The molecule has 0 heterocycles. The molecule has 4 heteroatoms. The number of nitrogens with one attached hydrogen (secondary N) is 1. The molecule has 0 radical (unpaired) electrons. The lowest BCUT2D eigenvalue weighted by Crippen LogP contribution is -2.25. The molecule has 0 aliphatic rings. The second-order valence-corrected chi connectivity index (χ2v) is 6.18. The first-order valence-corrected chi connectivity index (χ1v) is 8.27. The Morgan fingerprint density at radius 1 is 1.28 bits per heavy atom. The van der Waals surface area contributed by atoms with Crippen molar-refractivity contribution in [2.24, 2.45) is 0 Å². The number of nitrogens with zero attached hydrogens (tertiary/aromatic N) is 1. The highest BCUT2D eigenvalue weighted by Gasteiger charge is 2.03. The smallest absolute Gasteiger partial charge is 0.0231 e. The van der Waals surface area contributed by atoms with Crippen LogP contribution >= 0.6 is 27.7 Å². The van der Waals surface area contributed by atoms with Gasteiger partial charge in [0.05, 0.1) is 0 Å². The summed E-state index contributed by atoms with van der Waals surface area (Å²) in [5.41, 5.74) is 1.31. The topological polar surface area (TPSA) is 15.3 Å². The molecule has 1 rings (SSSR count). The van der Waals surface area contributed by atoms with E-state index >= 15 is 0 Å². The maximum absolute atomic E-state index is 3.63. The molecule has 0 atom stereocenters. The van der Waals surface area contributed by atoms with Gasteiger partial charge in [-0.3, -0.25) is 0 Å². The third-order valence-electron chi connectivity index (χ3n) is 2.96. The van der Waals surface area contributed by atoms with Crippen LogP contribution in [0.2, 0.25) is 0 Å². The molecule has 0 bridgehead atoms. The average molecular weight is 331 g/mol. The minimum Gasteiger partial charge on any atom is -0.316 e. The molecule has 18 heavy (non-hydrogen) atoms. The fraction of sp³-hybridized carbons (Fsp3) is 0.571. The van der Waals surface area contributed by atoms with E-state index in [1.807, 2.05) is 18.8 Å². The van der Waals surface area contributed by atoms with Crippen molar-refractivity contribution in [2.75, 3.05) is 32.4 Å². The molecule has 1 aromatic carbocycles. The Morgan fingerprint density at radius 3 is 2.56 bits per heavy atom. The van der Waals surface area contributed by atoms with Gasteiger partial charge < -0.3 is 10.2 Å². The summed E-state index contributed by atoms with van der Waals surface area (Å²) in [5, 5.41) is 3.17. The van der Waals surface area contributed by atoms with Crippen LogP contribution in [0.5, 0.6) is 0 Å². The van der Waals surface area contributed by atoms with Crippen molar-refractivity contribution in [2.45, 2.75) is 25.3 Å². The zero-order valence-electron chi connectivity index (χ0n) is 11.5. The molecule has 0 saturated heterocycles. The summed E-state index contributed by atoms with van der Waals surface area (Å²) in [6, 6.07) is 6.63. The summed E-state index contributed by atoms with van der Waals surface area (Å²) in [6.07, 6.45) is 0. The summed E-state index contributed by atoms with van der Waals surface area (Å²) in [5.74, 6) is 1.15. The van der Waals surface area contributed by atoms with Gasteiger partial charge in [0.25, 0.3) is 0 Å². The second-order valence-electron chi connectivity index (χ2n) is 4.16. The molecule has 102 valence electrons. The van der Waals surface area contributed by atoms with E-state index in [0.717, 1.165) is 31.9 Å². The van der Waals surface area contributed by atoms with Crippen molar-refractivity contribution in [3.8, 4) is 0 Å². The Labute approximate surface area is 124 Å². The van der Waals surface area contributed by atoms with Crippen LogP contribution in [-0.2, 0) is 6.54 Å². The van der Waals surface area contributed by atoms with Gasteiger partial charge in [-0.15, -0.1) is 11.8 Å². The molecule has 0 aliphatic carbocycles. The maximum Gasteiger partial charge on any atom is 0.0231 e. The van der Waals surface area contributed by atoms with Crippen LogP contribution in [0.25, 0.3) is 0 Å². The maximum atomic E-state index is 3.63. The zero-order chi connectivity index (χ0) is 13.4. The summed E-state index contributed by atoms with van der Waals surface area (Å²) in [7, 11) is 1.97. The predicted molar refractivity (Wildman–Crippen MR) is 85.4 cm³/mol. The Morgan fingerprint density at radius 2 is 2.00 bits per heavy atom. The zero-order valence-corrected chi connectivity index (χ0v) is 13.9. The highest BCUT2D eigenvalue weighted by Crippen LogP contribution is 2.25. The molecule has 1 N–H and O–H groups in total. The molecule has 0 unspecified atom stereocenters. The third kappa shape index (κ3) is 5.31. The van der Waals surface area contributed by atoms with E-state index in [9.17, 15) is 0 Å². The van der Waals surface area contributed by atoms with Crippen LogP contribution in [0.15, 0.2) is 27.6 Å². The molecular formula is C14H23BrN2S. The van der Waals surface area contributed by atoms with Crippen molar-refractivity contribution in [1.29, 1.82) is 0 Å². The van der Waals surface area contributed by atoms with Crippen LogP contribution < -0.4 is 5.32 Å². The van der Waals surface area contributed by atoms with Crippen LogP contribution in [0.3, 0.4) is 0 Å². The van der Waals surface area contributed by atoms with Crippen molar-refractivity contribution in [3.05, 3.63) is 28.2 Å². The highest BCUT2D eigenvalue weighted by molar-refractivity contribution is 9.10. The molecule has 0 saturated carbocycles. The van der Waals surface area contributed by atoms with Gasteiger partial charge in [0.2, 0.25) is 0 Å². The summed E-state index contributed by atoms with van der Waals surface area (Å²) in [6.45, 7) is 8.79. The van der Waals surface area contributed by atoms with Crippen molar-refractivity contribution in [3.63, 3.8) is 0 Å². The van der Waals surface area contributed by atoms with E-state index in [0.29, 0.717) is 0 Å². The van der Waals surface area contributed by atoms with Gasteiger partial charge in [0, 0.05) is 28.2 Å². The lowest BCUT2D eigenvalue weighted by Gasteiger charge is -2.17. The Hall–Kier alpha value is -0.0300. The van der Waals surface area contributed by atoms with Gasteiger partial charge in [-0.2, -0.15) is 0 Å². The number of thioether (sulfide) groups is 1. The number of halogens is 1. The minimum absolute atomic E-state index is 0.908. The van der Waals surface area contributed by atoms with E-state index < -0.39 is 0 Å². The molecule has 0 fully saturated rings.